The van der Waals surface area contributed by atoms with Gasteiger partial charge in [0.25, 0.3) is 11.8 Å². The van der Waals surface area contributed by atoms with Gasteiger partial charge in [-0.1, -0.05) is 85.9 Å². The Morgan fingerprint density at radius 2 is 1.66 bits per heavy atom. The van der Waals surface area contributed by atoms with Crippen LogP contribution in [0.5, 0.6) is 0 Å². The van der Waals surface area contributed by atoms with E-state index in [4.69, 9.17) is 12.2 Å². The summed E-state index contributed by atoms with van der Waals surface area (Å²) in [4.78, 5) is 30.3. The monoisotopic (exact) mass is 494 g/mol. The van der Waals surface area contributed by atoms with E-state index >= 15 is 0 Å². The lowest BCUT2D eigenvalue weighted by Gasteiger charge is -2.15. The van der Waals surface area contributed by atoms with Gasteiger partial charge in [0.2, 0.25) is 0 Å². The number of thiocarbonyl (C=S) groups is 1. The molecule has 1 saturated heterocycles. The average molecular weight is 496 g/mol. The van der Waals surface area contributed by atoms with Gasteiger partial charge >= 0.3 is 0 Å². The number of hydrogen-bond acceptors (Lipinski definition) is 4. The molecule has 0 atom stereocenters. The summed E-state index contributed by atoms with van der Waals surface area (Å²) in [5.74, 6) is -0.221. The van der Waals surface area contributed by atoms with Crippen molar-refractivity contribution in [3.05, 3.63) is 33.1 Å². The molecule has 0 aromatic heterocycles. The number of unbranched alkanes of at least 4 members (excludes halogenated alkanes) is 5. The van der Waals surface area contributed by atoms with Gasteiger partial charge in [-0.3, -0.25) is 14.5 Å². The van der Waals surface area contributed by atoms with E-state index in [1.165, 1.54) is 37.4 Å². The Morgan fingerprint density at radius 3 is 2.38 bits per heavy atom. The number of anilines is 1. The van der Waals surface area contributed by atoms with Crippen LogP contribution in [0.4, 0.5) is 5.69 Å². The number of nitrogens with zero attached hydrogens (tertiary/aromatic N) is 2. The van der Waals surface area contributed by atoms with E-state index in [1.807, 2.05) is 25.1 Å². The molecule has 2 heterocycles. The van der Waals surface area contributed by atoms with Gasteiger partial charge in [0, 0.05) is 23.1 Å². The Hall–Kier alpha value is -1.18. The number of carbonyl (C=O) groups is 2. The summed E-state index contributed by atoms with van der Waals surface area (Å²) in [6, 6.07) is 5.80. The molecular weight excluding hydrogens is 468 g/mol. The fourth-order valence-corrected chi connectivity index (χ4v) is 5.50. The molecular formula is C22H27BrN2O2S2. The predicted octanol–water partition coefficient (Wildman–Crippen LogP) is 6.14. The van der Waals surface area contributed by atoms with E-state index in [2.05, 4.69) is 22.9 Å². The van der Waals surface area contributed by atoms with E-state index < -0.39 is 0 Å². The van der Waals surface area contributed by atoms with Gasteiger partial charge in [-0.2, -0.15) is 0 Å². The fraction of sp³-hybridized carbons (Fsp3) is 0.500. The first-order valence-electron chi connectivity index (χ1n) is 10.4. The first-order valence-corrected chi connectivity index (χ1v) is 12.4. The Balaban J connectivity index is 1.82. The lowest BCUT2D eigenvalue weighted by Crippen LogP contribution is -2.30. The minimum atomic E-state index is -0.124. The highest BCUT2D eigenvalue weighted by Gasteiger charge is 2.41. The summed E-state index contributed by atoms with van der Waals surface area (Å²) in [6.07, 6.45) is 7.82. The van der Waals surface area contributed by atoms with Crippen molar-refractivity contribution in [1.82, 2.24) is 4.90 Å². The van der Waals surface area contributed by atoms with Crippen LogP contribution in [0.25, 0.3) is 5.57 Å². The van der Waals surface area contributed by atoms with Gasteiger partial charge in [0.15, 0.2) is 0 Å². The molecule has 4 nitrogen and oxygen atoms in total. The van der Waals surface area contributed by atoms with Crippen LogP contribution in [0.1, 0.15) is 64.4 Å². The molecule has 29 heavy (non-hydrogen) atoms. The second kappa shape index (κ2) is 10.2. The number of hydrogen-bond donors (Lipinski definition) is 0. The number of fused-ring (bicyclic) bond motifs is 1. The van der Waals surface area contributed by atoms with Crippen molar-refractivity contribution < 1.29 is 9.59 Å². The number of carbonyl (C=O) groups excluding carboxylic acids is 2. The molecule has 0 aliphatic carbocycles. The number of thioether (sulfide) groups is 1. The predicted molar refractivity (Wildman–Crippen MR) is 129 cm³/mol. The molecule has 1 aromatic rings. The lowest BCUT2D eigenvalue weighted by atomic mass is 10.1. The molecule has 0 bridgehead atoms. The SMILES string of the molecule is CCCCCCCCN1C(=O)C(=C2C(=O)N(CCC)c3ccc(Br)cc32)SC1=S. The van der Waals surface area contributed by atoms with Crippen molar-refractivity contribution >= 4 is 67.3 Å². The number of amides is 2. The van der Waals surface area contributed by atoms with Crippen LogP contribution < -0.4 is 4.90 Å². The number of rotatable bonds is 9. The van der Waals surface area contributed by atoms with Crippen LogP contribution in [-0.2, 0) is 9.59 Å². The first-order chi connectivity index (χ1) is 14.0. The third kappa shape index (κ3) is 4.78. The summed E-state index contributed by atoms with van der Waals surface area (Å²) in [5, 5.41) is 0. The molecule has 0 spiro atoms. The van der Waals surface area contributed by atoms with Crippen LogP contribution in [-0.4, -0.2) is 34.1 Å². The minimum absolute atomic E-state index is 0.0972. The zero-order valence-corrected chi connectivity index (χ0v) is 20.2. The zero-order valence-electron chi connectivity index (χ0n) is 17.0. The minimum Gasteiger partial charge on any atom is -0.308 e. The summed E-state index contributed by atoms with van der Waals surface area (Å²) >= 11 is 10.3. The van der Waals surface area contributed by atoms with Gasteiger partial charge in [-0.15, -0.1) is 0 Å². The molecule has 7 heteroatoms. The molecule has 0 unspecified atom stereocenters. The Kier molecular flexibility index (Phi) is 7.93. The maximum absolute atomic E-state index is 13.2. The summed E-state index contributed by atoms with van der Waals surface area (Å²) in [6.45, 7) is 5.51. The van der Waals surface area contributed by atoms with E-state index in [9.17, 15) is 9.59 Å². The van der Waals surface area contributed by atoms with E-state index in [1.54, 1.807) is 9.80 Å². The largest absolute Gasteiger partial charge is 0.308 e. The van der Waals surface area contributed by atoms with Crippen LogP contribution >= 0.6 is 39.9 Å². The summed E-state index contributed by atoms with van der Waals surface area (Å²) < 4.78 is 1.45. The van der Waals surface area contributed by atoms with Crippen LogP contribution in [0.3, 0.4) is 0 Å². The van der Waals surface area contributed by atoms with Crippen molar-refractivity contribution in [2.75, 3.05) is 18.0 Å². The molecule has 1 aromatic carbocycles. The Bertz CT molecular complexity index is 853. The van der Waals surface area contributed by atoms with Crippen LogP contribution in [0.15, 0.2) is 27.6 Å². The summed E-state index contributed by atoms with van der Waals surface area (Å²) in [5.41, 5.74) is 2.19. The van der Waals surface area contributed by atoms with Crippen molar-refractivity contribution in [2.45, 2.75) is 58.8 Å². The first kappa shape index (κ1) is 22.5. The molecule has 2 aliphatic heterocycles. The van der Waals surface area contributed by atoms with E-state index in [-0.39, 0.29) is 11.8 Å². The number of halogens is 1. The van der Waals surface area contributed by atoms with Gasteiger partial charge in [-0.05, 0) is 31.0 Å². The van der Waals surface area contributed by atoms with Gasteiger partial charge in [0.05, 0.1) is 16.2 Å². The highest BCUT2D eigenvalue weighted by molar-refractivity contribution is 9.10. The highest BCUT2D eigenvalue weighted by atomic mass is 79.9. The smallest absolute Gasteiger partial charge is 0.267 e. The third-order valence-electron chi connectivity index (χ3n) is 5.24. The fourth-order valence-electron chi connectivity index (χ4n) is 3.76. The zero-order chi connectivity index (χ0) is 21.0. The quantitative estimate of drug-likeness (QED) is 0.235. The standard InChI is InChI=1S/C22H27BrN2O2S2/c1-3-5-6-7-8-9-13-25-21(27)19(29-22(25)28)18-16-14-15(23)10-11-17(16)24(12-4-2)20(18)26/h10-11,14H,3-9,12-13H2,1-2H3. The van der Waals surface area contributed by atoms with Crippen LogP contribution in [0.2, 0.25) is 0 Å². The van der Waals surface area contributed by atoms with Crippen molar-refractivity contribution in [3.63, 3.8) is 0 Å². The molecule has 1 fully saturated rings. The van der Waals surface area contributed by atoms with Crippen molar-refractivity contribution in [3.8, 4) is 0 Å². The topological polar surface area (TPSA) is 40.6 Å². The maximum Gasteiger partial charge on any atom is 0.267 e. The molecule has 2 amide bonds. The normalized spacial score (nSPS) is 18.9. The average Bonchev–Trinajstić information content (AvgIpc) is 3.11. The van der Waals surface area contributed by atoms with Crippen LogP contribution in [0, 0.1) is 0 Å². The van der Waals surface area contributed by atoms with Gasteiger partial charge in [0.1, 0.15) is 4.32 Å². The molecule has 156 valence electrons. The second-order valence-electron chi connectivity index (χ2n) is 7.41. The molecule has 3 rings (SSSR count). The lowest BCUT2D eigenvalue weighted by molar-refractivity contribution is -0.122. The Morgan fingerprint density at radius 1 is 0.931 bits per heavy atom. The highest BCUT2D eigenvalue weighted by Crippen LogP contribution is 2.45. The maximum atomic E-state index is 13.2. The Labute approximate surface area is 191 Å². The molecule has 0 saturated carbocycles. The van der Waals surface area contributed by atoms with E-state index in [0.717, 1.165) is 35.0 Å². The van der Waals surface area contributed by atoms with Crippen molar-refractivity contribution in [2.24, 2.45) is 0 Å². The van der Waals surface area contributed by atoms with Gasteiger partial charge < -0.3 is 4.90 Å². The summed E-state index contributed by atoms with van der Waals surface area (Å²) in [7, 11) is 0. The second-order valence-corrected chi connectivity index (χ2v) is 9.97. The van der Waals surface area contributed by atoms with Gasteiger partial charge in [-0.25, -0.2) is 0 Å². The molecule has 2 aliphatic rings. The molecule has 0 radical (unpaired) electrons. The third-order valence-corrected chi connectivity index (χ3v) is 7.18. The number of benzene rings is 1. The van der Waals surface area contributed by atoms with Crippen molar-refractivity contribution in [1.29, 1.82) is 0 Å². The molecule has 0 N–H and O–H groups in total. The van der Waals surface area contributed by atoms with E-state index in [0.29, 0.717) is 27.9 Å².